The predicted molar refractivity (Wildman–Crippen MR) is 151 cm³/mol. The van der Waals surface area contributed by atoms with Crippen molar-refractivity contribution in [3.05, 3.63) is 0 Å². The Morgan fingerprint density at radius 1 is 0.667 bits per heavy atom. The molecule has 218 valence electrons. The van der Waals surface area contributed by atoms with E-state index in [2.05, 4.69) is 6.92 Å². The third-order valence-electron chi connectivity index (χ3n) is 6.87. The van der Waals surface area contributed by atoms with Crippen molar-refractivity contribution in [3.8, 4) is 0 Å². The van der Waals surface area contributed by atoms with Gasteiger partial charge in [-0.25, -0.2) is 0 Å². The molecular formula is C28H60N2O5P-. The molecule has 7 nitrogen and oxygen atoms in total. The third-order valence-corrected chi connectivity index (χ3v) is 7.83. The maximum atomic E-state index is 12.0. The van der Waals surface area contributed by atoms with E-state index in [4.69, 9.17) is 13.8 Å². The van der Waals surface area contributed by atoms with Crippen molar-refractivity contribution in [3.63, 3.8) is 0 Å². The molecule has 0 saturated carbocycles. The van der Waals surface area contributed by atoms with Gasteiger partial charge in [-0.3, -0.25) is 4.57 Å². The van der Waals surface area contributed by atoms with Crippen LogP contribution in [0.1, 0.15) is 117 Å². The van der Waals surface area contributed by atoms with E-state index in [9.17, 15) is 9.46 Å². The zero-order chi connectivity index (χ0) is 26.9. The highest BCUT2D eigenvalue weighted by molar-refractivity contribution is 7.45. The predicted octanol–water partition coefficient (Wildman–Crippen LogP) is 6.65. The molecule has 2 atom stereocenters. The summed E-state index contributed by atoms with van der Waals surface area (Å²) in [6, 6.07) is -0.129. The van der Waals surface area contributed by atoms with Crippen molar-refractivity contribution >= 4 is 7.82 Å². The molecule has 0 aliphatic heterocycles. The van der Waals surface area contributed by atoms with Crippen molar-refractivity contribution in [2.24, 2.45) is 0 Å². The molecule has 0 aromatic rings. The summed E-state index contributed by atoms with van der Waals surface area (Å²) in [5.74, 6) is 0. The second-order valence-corrected chi connectivity index (χ2v) is 11.9. The van der Waals surface area contributed by atoms with Crippen LogP contribution in [-0.4, -0.2) is 76.5 Å². The number of phosphoric ester groups is 1. The molecule has 0 amide bonds. The fourth-order valence-electron chi connectivity index (χ4n) is 4.00. The topological polar surface area (TPSA) is 74.3 Å². The van der Waals surface area contributed by atoms with Gasteiger partial charge < -0.3 is 28.5 Å². The molecular weight excluding hydrogens is 475 g/mol. The summed E-state index contributed by atoms with van der Waals surface area (Å²) in [6.45, 7) is 6.97. The number of hydrogen-bond acceptors (Lipinski definition) is 7. The molecule has 0 radical (unpaired) electrons. The minimum absolute atomic E-state index is 0.0380. The molecule has 36 heavy (non-hydrogen) atoms. The quantitative estimate of drug-likeness (QED) is 0.0820. The van der Waals surface area contributed by atoms with E-state index in [1.54, 1.807) is 0 Å². The molecule has 0 fully saturated rings. The van der Waals surface area contributed by atoms with Gasteiger partial charge in [-0.2, -0.15) is 0 Å². The highest BCUT2D eigenvalue weighted by Crippen LogP contribution is 2.38. The van der Waals surface area contributed by atoms with Gasteiger partial charge in [-0.1, -0.05) is 110 Å². The van der Waals surface area contributed by atoms with Crippen LogP contribution >= 0.6 is 7.82 Å². The number of ether oxygens (including phenoxy) is 1. The normalized spacial score (nSPS) is 14.6. The molecule has 0 heterocycles. The monoisotopic (exact) mass is 535 g/mol. The first-order valence-electron chi connectivity index (χ1n) is 14.8. The summed E-state index contributed by atoms with van der Waals surface area (Å²) in [5, 5.41) is 0. The van der Waals surface area contributed by atoms with Crippen molar-refractivity contribution in [2.45, 2.75) is 123 Å². The molecule has 2 unspecified atom stereocenters. The van der Waals surface area contributed by atoms with Gasteiger partial charge in [0.2, 0.25) is 0 Å². The van der Waals surface area contributed by atoms with Crippen LogP contribution in [0.25, 0.3) is 0 Å². The first kappa shape index (κ1) is 36.0. The van der Waals surface area contributed by atoms with E-state index >= 15 is 0 Å². The molecule has 0 saturated heterocycles. The molecule has 0 N–H and O–H groups in total. The Hall–Kier alpha value is -0.0100. The summed E-state index contributed by atoms with van der Waals surface area (Å²) in [7, 11) is 1.43. The Balaban J connectivity index is 3.59. The van der Waals surface area contributed by atoms with Gasteiger partial charge in [0.05, 0.1) is 25.9 Å². The SMILES string of the molecule is CCCCCCCCCCCCCCCCCCOCC(COP(=O)([O-])OCCN(C)CC)N(C)C. The van der Waals surface area contributed by atoms with Crippen LogP contribution in [0.2, 0.25) is 0 Å². The highest BCUT2D eigenvalue weighted by atomic mass is 31.2. The van der Waals surface area contributed by atoms with Gasteiger partial charge >= 0.3 is 0 Å². The van der Waals surface area contributed by atoms with E-state index in [0.717, 1.165) is 13.0 Å². The second kappa shape index (κ2) is 25.3. The standard InChI is InChI=1S/C28H61N2O5P/c1-6-8-9-10-11-12-13-14-15-16-17-18-19-20-21-22-24-33-26-28(29(3)4)27-35-36(31,32)34-25-23-30(5)7-2/h28H,6-27H2,1-5H3,(H,31,32)/p-1. The zero-order valence-corrected chi connectivity index (χ0v) is 25.4. The summed E-state index contributed by atoms with van der Waals surface area (Å²) >= 11 is 0. The van der Waals surface area contributed by atoms with Crippen LogP contribution in [0.3, 0.4) is 0 Å². The summed E-state index contributed by atoms with van der Waals surface area (Å²) in [6.07, 6.45) is 21.7. The number of rotatable bonds is 28. The van der Waals surface area contributed by atoms with Crippen LogP contribution in [0.4, 0.5) is 0 Å². The first-order valence-corrected chi connectivity index (χ1v) is 16.3. The number of unbranched alkanes of at least 4 members (excludes halogenated alkanes) is 15. The van der Waals surface area contributed by atoms with Gasteiger partial charge in [-0.15, -0.1) is 0 Å². The Morgan fingerprint density at radius 3 is 1.58 bits per heavy atom. The van der Waals surface area contributed by atoms with Gasteiger partial charge in [-0.05, 0) is 34.1 Å². The maximum absolute atomic E-state index is 12.0. The first-order chi connectivity index (χ1) is 17.3. The Bertz CT molecular complexity index is 510. The van der Waals surface area contributed by atoms with Crippen molar-refractivity contribution in [2.75, 3.05) is 60.7 Å². The molecule has 0 aliphatic rings. The molecule has 0 spiro atoms. The van der Waals surface area contributed by atoms with Crippen molar-refractivity contribution in [1.82, 2.24) is 9.80 Å². The fourth-order valence-corrected chi connectivity index (χ4v) is 4.73. The van der Waals surface area contributed by atoms with E-state index in [0.29, 0.717) is 19.8 Å². The molecule has 0 aromatic heterocycles. The van der Waals surface area contributed by atoms with Crippen LogP contribution in [0.15, 0.2) is 0 Å². The van der Waals surface area contributed by atoms with Gasteiger partial charge in [0.25, 0.3) is 7.82 Å². The van der Waals surface area contributed by atoms with Crippen LogP contribution in [0.5, 0.6) is 0 Å². The minimum atomic E-state index is -4.29. The average molecular weight is 536 g/mol. The molecule has 0 rings (SSSR count). The molecule has 0 aromatic carbocycles. The summed E-state index contributed by atoms with van der Waals surface area (Å²) in [5.41, 5.74) is 0. The Labute approximate surface area is 224 Å². The lowest BCUT2D eigenvalue weighted by atomic mass is 10.0. The Kier molecular flexibility index (Phi) is 25.3. The van der Waals surface area contributed by atoms with Gasteiger partial charge in [0, 0.05) is 13.2 Å². The smallest absolute Gasteiger partial charge is 0.267 e. The lowest BCUT2D eigenvalue weighted by molar-refractivity contribution is -0.226. The number of nitrogens with zero attached hydrogens (tertiary/aromatic N) is 2. The van der Waals surface area contributed by atoms with Crippen molar-refractivity contribution < 1.29 is 23.2 Å². The molecule has 0 bridgehead atoms. The van der Waals surface area contributed by atoms with E-state index in [-0.39, 0.29) is 19.3 Å². The largest absolute Gasteiger partial charge is 0.756 e. The van der Waals surface area contributed by atoms with E-state index in [1.165, 1.54) is 96.3 Å². The average Bonchev–Trinajstić information content (AvgIpc) is 2.84. The molecule has 0 aliphatic carbocycles. The lowest BCUT2D eigenvalue weighted by Crippen LogP contribution is -2.37. The number of phosphoric acid groups is 1. The highest BCUT2D eigenvalue weighted by Gasteiger charge is 2.17. The van der Waals surface area contributed by atoms with Crippen LogP contribution in [0, 0.1) is 0 Å². The van der Waals surface area contributed by atoms with Crippen LogP contribution < -0.4 is 4.89 Å². The van der Waals surface area contributed by atoms with Gasteiger partial charge in [0.1, 0.15) is 0 Å². The minimum Gasteiger partial charge on any atom is -0.756 e. The number of likely N-dealkylation sites (N-methyl/N-ethyl adjacent to an activating group) is 2. The van der Waals surface area contributed by atoms with E-state index in [1.807, 2.05) is 37.9 Å². The summed E-state index contributed by atoms with van der Waals surface area (Å²) in [4.78, 5) is 15.9. The maximum Gasteiger partial charge on any atom is 0.267 e. The Morgan fingerprint density at radius 2 is 1.14 bits per heavy atom. The lowest BCUT2D eigenvalue weighted by Gasteiger charge is -2.29. The van der Waals surface area contributed by atoms with Crippen LogP contribution in [-0.2, 0) is 18.3 Å². The molecule has 8 heteroatoms. The third kappa shape index (κ3) is 24.3. The fraction of sp³-hybridized carbons (Fsp3) is 1.00. The van der Waals surface area contributed by atoms with Gasteiger partial charge in [0.15, 0.2) is 0 Å². The van der Waals surface area contributed by atoms with E-state index < -0.39 is 7.82 Å². The number of hydrogen-bond donors (Lipinski definition) is 0. The summed E-state index contributed by atoms with van der Waals surface area (Å²) < 4.78 is 27.8. The van der Waals surface area contributed by atoms with Crippen molar-refractivity contribution in [1.29, 1.82) is 0 Å². The zero-order valence-electron chi connectivity index (χ0n) is 24.5. The second-order valence-electron chi connectivity index (χ2n) is 10.5.